The van der Waals surface area contributed by atoms with Crippen molar-refractivity contribution in [3.05, 3.63) is 63.7 Å². The lowest BCUT2D eigenvalue weighted by Gasteiger charge is -2.10. The van der Waals surface area contributed by atoms with E-state index in [-0.39, 0.29) is 36.0 Å². The zero-order valence-electron chi connectivity index (χ0n) is 14.4. The van der Waals surface area contributed by atoms with Crippen molar-refractivity contribution < 1.29 is 33.8 Å². The van der Waals surface area contributed by atoms with Crippen LogP contribution in [0, 0.1) is 10.1 Å². The first-order valence-corrected chi connectivity index (χ1v) is 7.92. The fourth-order valence-electron chi connectivity index (χ4n) is 2.05. The van der Waals surface area contributed by atoms with Crippen molar-refractivity contribution in [2.75, 3.05) is 13.2 Å². The predicted octanol–water partition coefficient (Wildman–Crippen LogP) is 2.60. The van der Waals surface area contributed by atoms with E-state index in [2.05, 4.69) is 4.74 Å². The molecule has 0 saturated carbocycles. The Hall–Kier alpha value is -3.62. The average molecular weight is 375 g/mol. The standard InChI is InChI=1S/C18H17NO8/c1-2-25-17(21)11-27-18(22)15-9-14(7-8-16(15)20)26-10-12-3-5-13(6-4-12)19(23)24/h3-9,20H,2,10-11H2,1H3. The molecule has 2 rings (SSSR count). The molecule has 0 aliphatic rings. The van der Waals surface area contributed by atoms with Gasteiger partial charge in [0, 0.05) is 12.1 Å². The van der Waals surface area contributed by atoms with E-state index < -0.39 is 23.5 Å². The highest BCUT2D eigenvalue weighted by Gasteiger charge is 2.16. The van der Waals surface area contributed by atoms with E-state index in [0.717, 1.165) is 0 Å². The van der Waals surface area contributed by atoms with Crippen molar-refractivity contribution in [3.63, 3.8) is 0 Å². The van der Waals surface area contributed by atoms with Crippen LogP contribution in [-0.4, -0.2) is 35.2 Å². The Labute approximate surface area is 154 Å². The monoisotopic (exact) mass is 375 g/mol. The zero-order valence-corrected chi connectivity index (χ0v) is 14.4. The van der Waals surface area contributed by atoms with Gasteiger partial charge in [-0.15, -0.1) is 0 Å². The van der Waals surface area contributed by atoms with E-state index in [0.29, 0.717) is 5.56 Å². The smallest absolute Gasteiger partial charge is 0.344 e. The van der Waals surface area contributed by atoms with Gasteiger partial charge in [0.15, 0.2) is 6.61 Å². The largest absolute Gasteiger partial charge is 0.507 e. The number of hydrogen-bond donors (Lipinski definition) is 1. The lowest BCUT2D eigenvalue weighted by atomic mass is 10.2. The summed E-state index contributed by atoms with van der Waals surface area (Å²) in [7, 11) is 0. The minimum Gasteiger partial charge on any atom is -0.507 e. The number of carbonyl (C=O) groups is 2. The van der Waals surface area contributed by atoms with Crippen LogP contribution in [0.15, 0.2) is 42.5 Å². The Morgan fingerprint density at radius 2 is 1.81 bits per heavy atom. The van der Waals surface area contributed by atoms with Gasteiger partial charge in [-0.3, -0.25) is 10.1 Å². The van der Waals surface area contributed by atoms with Crippen molar-refractivity contribution in [1.29, 1.82) is 0 Å². The summed E-state index contributed by atoms with van der Waals surface area (Å²) in [5.41, 5.74) is 0.482. The van der Waals surface area contributed by atoms with Crippen molar-refractivity contribution in [2.24, 2.45) is 0 Å². The van der Waals surface area contributed by atoms with Crippen LogP contribution in [0.3, 0.4) is 0 Å². The van der Waals surface area contributed by atoms with Crippen LogP contribution < -0.4 is 4.74 Å². The van der Waals surface area contributed by atoms with Gasteiger partial charge in [0.05, 0.1) is 11.5 Å². The molecule has 1 N–H and O–H groups in total. The second-order valence-corrected chi connectivity index (χ2v) is 5.27. The van der Waals surface area contributed by atoms with E-state index in [1.807, 2.05) is 0 Å². The van der Waals surface area contributed by atoms with Crippen LogP contribution in [0.5, 0.6) is 11.5 Å². The maximum absolute atomic E-state index is 12.0. The molecule has 0 bridgehead atoms. The molecule has 2 aromatic carbocycles. The summed E-state index contributed by atoms with van der Waals surface area (Å²) in [5, 5.41) is 20.4. The molecule has 0 amide bonds. The highest BCUT2D eigenvalue weighted by molar-refractivity contribution is 5.93. The molecule has 0 atom stereocenters. The molecule has 0 unspecified atom stereocenters. The van der Waals surface area contributed by atoms with Crippen LogP contribution >= 0.6 is 0 Å². The van der Waals surface area contributed by atoms with Crippen LogP contribution in [0.25, 0.3) is 0 Å². The summed E-state index contributed by atoms with van der Waals surface area (Å²) in [5.74, 6) is -1.65. The second kappa shape index (κ2) is 9.18. The Morgan fingerprint density at radius 1 is 1.11 bits per heavy atom. The van der Waals surface area contributed by atoms with Crippen molar-refractivity contribution in [2.45, 2.75) is 13.5 Å². The molecule has 9 nitrogen and oxygen atoms in total. The number of esters is 2. The highest BCUT2D eigenvalue weighted by Crippen LogP contribution is 2.25. The quantitative estimate of drug-likeness (QED) is 0.424. The fourth-order valence-corrected chi connectivity index (χ4v) is 2.05. The third-order valence-corrected chi connectivity index (χ3v) is 3.37. The van der Waals surface area contributed by atoms with Crippen LogP contribution in [0.1, 0.15) is 22.8 Å². The third-order valence-electron chi connectivity index (χ3n) is 3.37. The molecule has 0 heterocycles. The van der Waals surface area contributed by atoms with Gasteiger partial charge >= 0.3 is 11.9 Å². The molecule has 27 heavy (non-hydrogen) atoms. The lowest BCUT2D eigenvalue weighted by molar-refractivity contribution is -0.384. The van der Waals surface area contributed by atoms with Gasteiger partial charge in [-0.05, 0) is 42.8 Å². The van der Waals surface area contributed by atoms with E-state index in [4.69, 9.17) is 9.47 Å². The Morgan fingerprint density at radius 3 is 2.44 bits per heavy atom. The number of ether oxygens (including phenoxy) is 3. The van der Waals surface area contributed by atoms with Gasteiger partial charge in [0.2, 0.25) is 0 Å². The molecule has 0 radical (unpaired) electrons. The van der Waals surface area contributed by atoms with E-state index in [1.54, 1.807) is 19.1 Å². The van der Waals surface area contributed by atoms with Gasteiger partial charge in [-0.1, -0.05) is 0 Å². The molecule has 0 aromatic heterocycles. The molecule has 0 spiro atoms. The maximum atomic E-state index is 12.0. The summed E-state index contributed by atoms with van der Waals surface area (Å²) in [6.07, 6.45) is 0. The van der Waals surface area contributed by atoms with Crippen molar-refractivity contribution in [1.82, 2.24) is 0 Å². The number of nitrogens with zero attached hydrogens (tertiary/aromatic N) is 1. The first kappa shape index (κ1) is 19.7. The van der Waals surface area contributed by atoms with Gasteiger partial charge in [-0.2, -0.15) is 0 Å². The summed E-state index contributed by atoms with van der Waals surface area (Å²) >= 11 is 0. The van der Waals surface area contributed by atoms with Crippen molar-refractivity contribution >= 4 is 17.6 Å². The number of carbonyl (C=O) groups excluding carboxylic acids is 2. The molecular weight excluding hydrogens is 358 g/mol. The van der Waals surface area contributed by atoms with Crippen LogP contribution in [0.4, 0.5) is 5.69 Å². The Balaban J connectivity index is 2.00. The summed E-state index contributed by atoms with van der Waals surface area (Å²) in [4.78, 5) is 33.4. The van der Waals surface area contributed by atoms with E-state index in [9.17, 15) is 24.8 Å². The summed E-state index contributed by atoms with van der Waals surface area (Å²) in [6, 6.07) is 9.78. The number of nitro groups is 1. The molecule has 9 heteroatoms. The minimum atomic E-state index is -0.902. The van der Waals surface area contributed by atoms with Crippen LogP contribution in [0.2, 0.25) is 0 Å². The summed E-state index contributed by atoms with van der Waals surface area (Å²) in [6.45, 7) is 1.31. The number of hydrogen-bond acceptors (Lipinski definition) is 8. The minimum absolute atomic E-state index is 0.0324. The zero-order chi connectivity index (χ0) is 19.8. The predicted molar refractivity (Wildman–Crippen MR) is 92.5 cm³/mol. The first-order chi connectivity index (χ1) is 12.9. The van der Waals surface area contributed by atoms with Gasteiger partial charge in [0.1, 0.15) is 23.7 Å². The lowest BCUT2D eigenvalue weighted by Crippen LogP contribution is -2.16. The Kier molecular flexibility index (Phi) is 6.70. The number of phenolic OH excluding ortho intramolecular Hbond substituents is 1. The topological polar surface area (TPSA) is 125 Å². The summed E-state index contributed by atoms with van der Waals surface area (Å²) < 4.78 is 15.0. The number of nitro benzene ring substituents is 1. The fraction of sp³-hybridized carbons (Fsp3) is 0.222. The van der Waals surface area contributed by atoms with Crippen molar-refractivity contribution in [3.8, 4) is 11.5 Å². The van der Waals surface area contributed by atoms with Gasteiger partial charge in [0.25, 0.3) is 5.69 Å². The average Bonchev–Trinajstić information content (AvgIpc) is 2.66. The first-order valence-electron chi connectivity index (χ1n) is 7.92. The maximum Gasteiger partial charge on any atom is 0.344 e. The van der Waals surface area contributed by atoms with Gasteiger partial charge < -0.3 is 19.3 Å². The molecule has 0 aliphatic heterocycles. The molecule has 142 valence electrons. The highest BCUT2D eigenvalue weighted by atomic mass is 16.6. The van der Waals surface area contributed by atoms with Gasteiger partial charge in [-0.25, -0.2) is 9.59 Å². The SMILES string of the molecule is CCOC(=O)COC(=O)c1cc(OCc2ccc([N+](=O)[O-])cc2)ccc1O. The molecule has 0 aliphatic carbocycles. The number of non-ortho nitro benzene ring substituents is 1. The second-order valence-electron chi connectivity index (χ2n) is 5.27. The van der Waals surface area contributed by atoms with E-state index in [1.165, 1.54) is 30.3 Å². The third kappa shape index (κ3) is 5.70. The van der Waals surface area contributed by atoms with E-state index >= 15 is 0 Å². The molecule has 2 aromatic rings. The molecular formula is C18H17NO8. The normalized spacial score (nSPS) is 10.1. The number of benzene rings is 2. The Bertz CT molecular complexity index is 832. The molecule has 0 fully saturated rings. The number of aromatic hydroxyl groups is 1. The number of phenols is 1. The molecule has 0 saturated heterocycles. The van der Waals surface area contributed by atoms with Crippen LogP contribution in [-0.2, 0) is 20.9 Å². The number of rotatable bonds is 8.